The second-order valence-corrected chi connectivity index (χ2v) is 7.10. The Kier molecular flexibility index (Phi) is 2.66. The minimum absolute atomic E-state index is 0.0333. The van der Waals surface area contributed by atoms with Gasteiger partial charge in [-0.05, 0) is 25.3 Å². The average molecular weight is 291 g/mol. The van der Waals surface area contributed by atoms with Crippen molar-refractivity contribution in [3.63, 3.8) is 0 Å². The van der Waals surface area contributed by atoms with Crippen LogP contribution >= 0.6 is 0 Å². The summed E-state index contributed by atoms with van der Waals surface area (Å²) in [7, 11) is 0. The maximum absolute atomic E-state index is 12.7. The zero-order valence-corrected chi connectivity index (χ0v) is 13.1. The number of hydrazine groups is 1. The largest absolute Gasteiger partial charge is 0.336 e. The van der Waals surface area contributed by atoms with E-state index < -0.39 is 0 Å². The SMILES string of the molecule is [2H]N1C(C(C)(C)C)C=C2NC3=C(CN(C(C)C)C3=O)C(=O)N21. The van der Waals surface area contributed by atoms with Crippen LogP contribution in [0.25, 0.3) is 0 Å². The Hall–Kier alpha value is -1.82. The summed E-state index contributed by atoms with van der Waals surface area (Å²) in [4.78, 5) is 26.8. The first-order valence-corrected chi connectivity index (χ1v) is 7.28. The fourth-order valence-corrected chi connectivity index (χ4v) is 2.69. The number of rotatable bonds is 1. The molecule has 2 amide bonds. The van der Waals surface area contributed by atoms with Crippen LogP contribution in [0.2, 0.25) is 1.41 Å². The van der Waals surface area contributed by atoms with E-state index in [4.69, 9.17) is 1.41 Å². The average Bonchev–Trinajstić information content (AvgIpc) is 2.89. The molecule has 0 fully saturated rings. The Labute approximate surface area is 126 Å². The molecule has 0 radical (unpaired) electrons. The highest BCUT2D eigenvalue weighted by Crippen LogP contribution is 2.32. The zero-order valence-electron chi connectivity index (χ0n) is 14.1. The van der Waals surface area contributed by atoms with Crippen LogP contribution in [0.5, 0.6) is 0 Å². The number of nitrogens with zero attached hydrogens (tertiary/aromatic N) is 2. The third-order valence-corrected chi connectivity index (χ3v) is 4.10. The third-order valence-electron chi connectivity index (χ3n) is 4.10. The number of fused-ring (bicyclic) bond motifs is 1. The van der Waals surface area contributed by atoms with Gasteiger partial charge >= 0.3 is 0 Å². The molecule has 0 aromatic carbocycles. The van der Waals surface area contributed by atoms with Crippen molar-refractivity contribution >= 4 is 11.8 Å². The normalized spacial score (nSPS) is 27.0. The molecule has 2 N–H and O–H groups in total. The Morgan fingerprint density at radius 2 is 2.00 bits per heavy atom. The molecule has 1 atom stereocenters. The van der Waals surface area contributed by atoms with E-state index in [9.17, 15) is 9.59 Å². The van der Waals surface area contributed by atoms with Gasteiger partial charge in [0, 0.05) is 6.04 Å². The molecule has 0 aromatic rings. The van der Waals surface area contributed by atoms with Crippen LogP contribution in [0.1, 0.15) is 34.6 Å². The molecule has 0 bridgehead atoms. The van der Waals surface area contributed by atoms with Crippen molar-refractivity contribution in [1.29, 1.82) is 0 Å². The van der Waals surface area contributed by atoms with Crippen LogP contribution in [-0.4, -0.2) is 40.4 Å². The van der Waals surface area contributed by atoms with Crippen LogP contribution < -0.4 is 10.7 Å². The van der Waals surface area contributed by atoms with E-state index in [0.29, 0.717) is 23.6 Å². The molecular formula is C15H22N4O2. The van der Waals surface area contributed by atoms with Gasteiger partial charge in [-0.15, -0.1) is 0 Å². The zero-order chi connectivity index (χ0) is 16.4. The minimum Gasteiger partial charge on any atom is -0.336 e. The number of amides is 2. The molecule has 3 aliphatic rings. The van der Waals surface area contributed by atoms with Gasteiger partial charge in [-0.2, -0.15) is 0 Å². The van der Waals surface area contributed by atoms with Gasteiger partial charge in [0.05, 0.1) is 18.2 Å². The molecule has 21 heavy (non-hydrogen) atoms. The highest BCUT2D eigenvalue weighted by atomic mass is 16.2. The fraction of sp³-hybridized carbons (Fsp3) is 0.600. The molecule has 3 heterocycles. The van der Waals surface area contributed by atoms with Gasteiger partial charge in [0.25, 0.3) is 11.8 Å². The molecular weight excluding hydrogens is 268 g/mol. The monoisotopic (exact) mass is 291 g/mol. The van der Waals surface area contributed by atoms with Crippen LogP contribution in [-0.2, 0) is 9.59 Å². The number of hydrogen-bond acceptors (Lipinski definition) is 4. The van der Waals surface area contributed by atoms with Crippen LogP contribution in [0.3, 0.4) is 0 Å². The molecule has 6 nitrogen and oxygen atoms in total. The molecule has 0 saturated heterocycles. The third kappa shape index (κ3) is 2.05. The Bertz CT molecular complexity index is 618. The van der Waals surface area contributed by atoms with E-state index in [-0.39, 0.29) is 29.3 Å². The predicted molar refractivity (Wildman–Crippen MR) is 78.3 cm³/mol. The molecule has 0 aliphatic carbocycles. The van der Waals surface area contributed by atoms with Crippen molar-refractivity contribution in [2.24, 2.45) is 5.41 Å². The first-order chi connectivity index (χ1) is 10.1. The first-order valence-electron chi connectivity index (χ1n) is 7.73. The van der Waals surface area contributed by atoms with Crippen LogP contribution in [0.4, 0.5) is 0 Å². The summed E-state index contributed by atoms with van der Waals surface area (Å²) < 4.78 is 8.26. The van der Waals surface area contributed by atoms with E-state index in [2.05, 4.69) is 5.32 Å². The van der Waals surface area contributed by atoms with Crippen molar-refractivity contribution < 1.29 is 11.0 Å². The van der Waals surface area contributed by atoms with Gasteiger partial charge in [0.1, 0.15) is 12.9 Å². The summed E-state index contributed by atoms with van der Waals surface area (Å²) in [6.45, 7) is 10.2. The summed E-state index contributed by atoms with van der Waals surface area (Å²) in [6, 6.07) is -0.193. The molecule has 3 aliphatic heterocycles. The summed E-state index contributed by atoms with van der Waals surface area (Å²) in [5.41, 5.74) is 1.83. The van der Waals surface area contributed by atoms with Crippen molar-refractivity contribution in [3.05, 3.63) is 23.2 Å². The molecule has 6 heteroatoms. The van der Waals surface area contributed by atoms with E-state index in [1.165, 1.54) is 10.4 Å². The second kappa shape index (κ2) is 4.34. The summed E-state index contributed by atoms with van der Waals surface area (Å²) in [5, 5.41) is 4.39. The number of nitrogens with one attached hydrogen (secondary N) is 2. The van der Waals surface area contributed by atoms with Gasteiger partial charge in [-0.1, -0.05) is 20.8 Å². The van der Waals surface area contributed by atoms with Gasteiger partial charge in [-0.25, -0.2) is 10.4 Å². The van der Waals surface area contributed by atoms with E-state index in [1.54, 1.807) is 4.90 Å². The van der Waals surface area contributed by atoms with Crippen molar-refractivity contribution in [2.75, 3.05) is 6.54 Å². The molecule has 3 rings (SSSR count). The Morgan fingerprint density at radius 1 is 1.33 bits per heavy atom. The fourth-order valence-electron chi connectivity index (χ4n) is 2.69. The van der Waals surface area contributed by atoms with Crippen LogP contribution in [0.15, 0.2) is 23.2 Å². The Balaban J connectivity index is 1.95. The predicted octanol–water partition coefficient (Wildman–Crippen LogP) is 0.697. The summed E-state index contributed by atoms with van der Waals surface area (Å²) in [5.74, 6) is 0.0884. The first kappa shape index (κ1) is 12.9. The van der Waals surface area contributed by atoms with Gasteiger partial charge in [-0.3, -0.25) is 9.59 Å². The number of hydrogen-bond donors (Lipinski definition) is 2. The van der Waals surface area contributed by atoms with Gasteiger partial charge < -0.3 is 10.2 Å². The Morgan fingerprint density at radius 3 is 2.57 bits per heavy atom. The maximum atomic E-state index is 12.7. The maximum Gasteiger partial charge on any atom is 0.274 e. The van der Waals surface area contributed by atoms with Gasteiger partial charge in [0.2, 0.25) is 0 Å². The van der Waals surface area contributed by atoms with Gasteiger partial charge in [0.15, 0.2) is 0 Å². The van der Waals surface area contributed by atoms with Crippen molar-refractivity contribution in [2.45, 2.75) is 46.7 Å². The van der Waals surface area contributed by atoms with Crippen molar-refractivity contribution in [3.8, 4) is 0 Å². The van der Waals surface area contributed by atoms with E-state index >= 15 is 0 Å². The smallest absolute Gasteiger partial charge is 0.274 e. The molecule has 0 saturated carbocycles. The minimum atomic E-state index is -0.279. The van der Waals surface area contributed by atoms with E-state index in [1.807, 2.05) is 40.7 Å². The lowest BCUT2D eigenvalue weighted by molar-refractivity contribution is -0.129. The van der Waals surface area contributed by atoms with E-state index in [0.717, 1.165) is 0 Å². The second-order valence-electron chi connectivity index (χ2n) is 7.10. The molecule has 0 aromatic heterocycles. The molecule has 114 valence electrons. The highest BCUT2D eigenvalue weighted by molar-refractivity contribution is 6.10. The van der Waals surface area contributed by atoms with Crippen molar-refractivity contribution in [1.82, 2.24) is 20.6 Å². The lowest BCUT2D eigenvalue weighted by Crippen LogP contribution is -2.50. The topological polar surface area (TPSA) is 64.7 Å². The lowest BCUT2D eigenvalue weighted by atomic mass is 9.87. The van der Waals surface area contributed by atoms with Crippen LogP contribution in [0, 0.1) is 5.41 Å². The highest BCUT2D eigenvalue weighted by Gasteiger charge is 2.45. The summed E-state index contributed by atoms with van der Waals surface area (Å²) in [6.07, 6.45) is 1.85. The lowest BCUT2D eigenvalue weighted by Gasteiger charge is -2.30. The standard InChI is InChI=1S/C15H22N4O2/c1-8(2)18-7-9-12(14(18)21)16-11-6-10(15(3,4)5)17-19(11)13(9)20/h6,8,10,16-17H,7H2,1-5H3/i/hD. The quantitative estimate of drug-likeness (QED) is 0.746. The molecule has 0 spiro atoms. The number of carbonyl (C=O) groups is 2. The summed E-state index contributed by atoms with van der Waals surface area (Å²) >= 11 is 0. The number of carbonyl (C=O) groups excluding carboxylic acids is 2. The molecule has 1 unspecified atom stereocenters.